The molecule has 0 atom stereocenters. The number of carbonyl (C=O) groups excluding carboxylic acids is 2. The molecule has 0 bridgehead atoms. The summed E-state index contributed by atoms with van der Waals surface area (Å²) in [7, 11) is 0. The number of halogens is 3. The van der Waals surface area contributed by atoms with Crippen molar-refractivity contribution in [1.29, 1.82) is 0 Å². The van der Waals surface area contributed by atoms with Crippen molar-refractivity contribution in [1.82, 2.24) is 15.1 Å². The zero-order valence-electron chi connectivity index (χ0n) is 13.2. The van der Waals surface area contributed by atoms with Crippen molar-refractivity contribution < 1.29 is 14.0 Å². The first-order valence-corrected chi connectivity index (χ1v) is 7.34. The minimum Gasteiger partial charge on any atom is -0.351 e. The number of hydrogen-bond acceptors (Lipinski definition) is 4. The number of nitrogens with zero attached hydrogens (tertiary/aromatic N) is 2. The summed E-state index contributed by atoms with van der Waals surface area (Å²) in [5.41, 5.74) is 5.39. The van der Waals surface area contributed by atoms with Crippen LogP contribution < -0.4 is 11.1 Å². The molecule has 3 N–H and O–H groups in total. The number of hydrogen-bond donors (Lipinski definition) is 2. The van der Waals surface area contributed by atoms with Gasteiger partial charge in [0.05, 0.1) is 12.1 Å². The van der Waals surface area contributed by atoms with Crippen molar-refractivity contribution in [2.45, 2.75) is 0 Å². The molecule has 1 aromatic carbocycles. The van der Waals surface area contributed by atoms with E-state index in [1.54, 1.807) is 17.0 Å². The van der Waals surface area contributed by atoms with Crippen LogP contribution >= 0.6 is 24.8 Å². The maximum absolute atomic E-state index is 13.5. The van der Waals surface area contributed by atoms with Crippen molar-refractivity contribution in [2.24, 2.45) is 5.73 Å². The van der Waals surface area contributed by atoms with Crippen molar-refractivity contribution in [3.05, 3.63) is 35.6 Å². The molecule has 1 aliphatic rings. The van der Waals surface area contributed by atoms with E-state index < -0.39 is 11.7 Å². The Kier molecular flexibility index (Phi) is 10.5. The monoisotopic (exact) mass is 380 g/mol. The van der Waals surface area contributed by atoms with Gasteiger partial charge in [-0.1, -0.05) is 12.1 Å². The number of nitrogens with one attached hydrogen (secondary N) is 1. The number of piperazine rings is 1. The largest absolute Gasteiger partial charge is 0.351 e. The Morgan fingerprint density at radius 3 is 2.33 bits per heavy atom. The van der Waals surface area contributed by atoms with Crippen molar-refractivity contribution in [2.75, 3.05) is 45.8 Å². The second-order valence-corrected chi connectivity index (χ2v) is 5.16. The number of carbonyl (C=O) groups is 2. The molecule has 1 heterocycles. The van der Waals surface area contributed by atoms with Crippen LogP contribution in [0.15, 0.2) is 24.3 Å². The summed E-state index contributed by atoms with van der Waals surface area (Å²) < 4.78 is 13.5. The normalized spacial score (nSPS) is 14.3. The van der Waals surface area contributed by atoms with Gasteiger partial charge in [-0.05, 0) is 12.1 Å². The molecule has 0 aliphatic carbocycles. The minimum absolute atomic E-state index is 0. The lowest BCUT2D eigenvalue weighted by Gasteiger charge is -2.34. The molecule has 1 aromatic rings. The summed E-state index contributed by atoms with van der Waals surface area (Å²) in [6.45, 7) is 3.96. The summed E-state index contributed by atoms with van der Waals surface area (Å²) in [4.78, 5) is 27.2. The lowest BCUT2D eigenvalue weighted by molar-refractivity contribution is -0.131. The standard InChI is InChI=1S/C15H21FN4O2.2ClH/c16-13-4-2-1-3-12(13)15(22)18-5-6-19-7-9-20(10-8-19)14(21)11-17;;/h1-4H,5-11,17H2,(H,18,22);2*1H. The van der Waals surface area contributed by atoms with Gasteiger partial charge in [0.2, 0.25) is 5.91 Å². The number of rotatable bonds is 5. The quantitative estimate of drug-likeness (QED) is 0.779. The molecule has 1 fully saturated rings. The Labute approximate surface area is 153 Å². The molecule has 136 valence electrons. The van der Waals surface area contributed by atoms with Gasteiger partial charge in [-0.15, -0.1) is 24.8 Å². The van der Waals surface area contributed by atoms with E-state index in [1.165, 1.54) is 12.1 Å². The van der Waals surface area contributed by atoms with Crippen molar-refractivity contribution in [3.8, 4) is 0 Å². The zero-order valence-corrected chi connectivity index (χ0v) is 14.9. The zero-order chi connectivity index (χ0) is 15.9. The predicted molar refractivity (Wildman–Crippen MR) is 95.3 cm³/mol. The lowest BCUT2D eigenvalue weighted by Crippen LogP contribution is -2.51. The maximum atomic E-state index is 13.5. The Balaban J connectivity index is 0.00000264. The van der Waals surface area contributed by atoms with E-state index in [0.717, 1.165) is 13.1 Å². The van der Waals surface area contributed by atoms with E-state index >= 15 is 0 Å². The molecular weight excluding hydrogens is 358 g/mol. The van der Waals surface area contributed by atoms with Crippen LogP contribution in [-0.4, -0.2) is 67.4 Å². The van der Waals surface area contributed by atoms with Crippen LogP contribution in [0.3, 0.4) is 0 Å². The highest BCUT2D eigenvalue weighted by atomic mass is 35.5. The van der Waals surface area contributed by atoms with E-state index in [2.05, 4.69) is 10.2 Å². The van der Waals surface area contributed by atoms with Crippen LogP contribution in [0.2, 0.25) is 0 Å². The Bertz CT molecular complexity index is 540. The van der Waals surface area contributed by atoms with E-state index in [9.17, 15) is 14.0 Å². The van der Waals surface area contributed by atoms with Crippen LogP contribution in [-0.2, 0) is 4.79 Å². The van der Waals surface area contributed by atoms with Gasteiger partial charge in [0.1, 0.15) is 5.82 Å². The first-order valence-electron chi connectivity index (χ1n) is 7.34. The molecule has 0 unspecified atom stereocenters. The first-order chi connectivity index (χ1) is 10.6. The fraction of sp³-hybridized carbons (Fsp3) is 0.467. The van der Waals surface area contributed by atoms with Gasteiger partial charge in [0.15, 0.2) is 0 Å². The van der Waals surface area contributed by atoms with Crippen LogP contribution in [0, 0.1) is 5.82 Å². The Hall–Kier alpha value is -1.41. The summed E-state index contributed by atoms with van der Waals surface area (Å²) in [5.74, 6) is -0.962. The number of benzene rings is 1. The smallest absolute Gasteiger partial charge is 0.254 e. The third kappa shape index (κ3) is 6.24. The molecule has 0 saturated carbocycles. The predicted octanol–water partition coefficient (Wildman–Crippen LogP) is 0.502. The van der Waals surface area contributed by atoms with Crippen molar-refractivity contribution >= 4 is 36.6 Å². The van der Waals surface area contributed by atoms with E-state index in [4.69, 9.17) is 5.73 Å². The second kappa shape index (κ2) is 11.2. The highest BCUT2D eigenvalue weighted by molar-refractivity contribution is 5.94. The van der Waals surface area contributed by atoms with Gasteiger partial charge in [-0.3, -0.25) is 14.5 Å². The molecule has 2 amide bonds. The average Bonchev–Trinajstić information content (AvgIpc) is 2.55. The third-order valence-corrected chi connectivity index (χ3v) is 3.73. The Morgan fingerprint density at radius 2 is 1.75 bits per heavy atom. The summed E-state index contributed by atoms with van der Waals surface area (Å²) in [5, 5.41) is 2.71. The van der Waals surface area contributed by atoms with Gasteiger partial charge in [0.25, 0.3) is 5.91 Å². The molecule has 2 rings (SSSR count). The fourth-order valence-electron chi connectivity index (χ4n) is 2.42. The van der Waals surface area contributed by atoms with Gasteiger partial charge < -0.3 is 16.0 Å². The highest BCUT2D eigenvalue weighted by Gasteiger charge is 2.19. The van der Waals surface area contributed by atoms with Gasteiger partial charge in [0, 0.05) is 39.3 Å². The summed E-state index contributed by atoms with van der Waals surface area (Å²) in [6.07, 6.45) is 0. The van der Waals surface area contributed by atoms with Gasteiger partial charge in [-0.25, -0.2) is 4.39 Å². The number of amides is 2. The molecule has 0 aromatic heterocycles. The molecule has 0 spiro atoms. The van der Waals surface area contributed by atoms with Gasteiger partial charge in [-0.2, -0.15) is 0 Å². The molecule has 24 heavy (non-hydrogen) atoms. The van der Waals surface area contributed by atoms with Crippen LogP contribution in [0.5, 0.6) is 0 Å². The van der Waals surface area contributed by atoms with Crippen LogP contribution in [0.4, 0.5) is 4.39 Å². The minimum atomic E-state index is -0.520. The molecular formula is C15H23Cl2FN4O2. The Morgan fingerprint density at radius 1 is 1.12 bits per heavy atom. The lowest BCUT2D eigenvalue weighted by atomic mass is 10.2. The molecule has 0 radical (unpaired) electrons. The van der Waals surface area contributed by atoms with Gasteiger partial charge >= 0.3 is 0 Å². The first kappa shape index (κ1) is 22.6. The SMILES string of the molecule is Cl.Cl.NCC(=O)N1CCN(CCNC(=O)c2ccccc2F)CC1. The topological polar surface area (TPSA) is 78.7 Å². The van der Waals surface area contributed by atoms with Crippen molar-refractivity contribution in [3.63, 3.8) is 0 Å². The van der Waals surface area contributed by atoms with E-state index in [0.29, 0.717) is 26.2 Å². The van der Waals surface area contributed by atoms with Crippen LogP contribution in [0.25, 0.3) is 0 Å². The second-order valence-electron chi connectivity index (χ2n) is 5.16. The highest BCUT2D eigenvalue weighted by Crippen LogP contribution is 2.06. The number of nitrogens with two attached hydrogens (primary N) is 1. The fourth-order valence-corrected chi connectivity index (χ4v) is 2.42. The summed E-state index contributed by atoms with van der Waals surface area (Å²) in [6, 6.07) is 5.91. The van der Waals surface area contributed by atoms with E-state index in [1.807, 2.05) is 0 Å². The maximum Gasteiger partial charge on any atom is 0.254 e. The summed E-state index contributed by atoms with van der Waals surface area (Å²) >= 11 is 0. The molecule has 9 heteroatoms. The average molecular weight is 381 g/mol. The van der Waals surface area contributed by atoms with E-state index in [-0.39, 0.29) is 42.8 Å². The third-order valence-electron chi connectivity index (χ3n) is 3.73. The molecule has 6 nitrogen and oxygen atoms in total. The molecule has 1 saturated heterocycles. The molecule has 1 aliphatic heterocycles. The van der Waals surface area contributed by atoms with Crippen LogP contribution in [0.1, 0.15) is 10.4 Å².